The first-order chi connectivity index (χ1) is 13.6. The van der Waals surface area contributed by atoms with Crippen molar-refractivity contribution in [2.45, 2.75) is 24.7 Å². The topological polar surface area (TPSA) is 64.0 Å². The van der Waals surface area contributed by atoms with Gasteiger partial charge in [-0.15, -0.1) is 0 Å². The van der Waals surface area contributed by atoms with Crippen molar-refractivity contribution in [3.05, 3.63) is 84.8 Å². The number of rotatable bonds is 6. The normalized spacial score (nSPS) is 11.6. The van der Waals surface area contributed by atoms with Gasteiger partial charge in [-0.05, 0) is 48.4 Å². The average molecular weight is 391 g/mol. The van der Waals surface area contributed by atoms with E-state index in [9.17, 15) is 8.42 Å². The van der Waals surface area contributed by atoms with Gasteiger partial charge >= 0.3 is 0 Å². The van der Waals surface area contributed by atoms with E-state index in [0.717, 1.165) is 35.2 Å². The average Bonchev–Trinajstić information content (AvgIpc) is 3.08. The Kier molecular flexibility index (Phi) is 4.88. The van der Waals surface area contributed by atoms with Gasteiger partial charge in [0.25, 0.3) is 10.0 Å². The van der Waals surface area contributed by atoms with Crippen LogP contribution in [-0.4, -0.2) is 17.4 Å². The summed E-state index contributed by atoms with van der Waals surface area (Å²) < 4.78 is 27.9. The molecule has 0 radical (unpaired) electrons. The monoisotopic (exact) mass is 391 g/mol. The van der Waals surface area contributed by atoms with E-state index in [1.165, 1.54) is 10.2 Å². The number of nitrogens with zero attached hydrogens (tertiary/aromatic N) is 2. The van der Waals surface area contributed by atoms with Gasteiger partial charge < -0.3 is 5.32 Å². The van der Waals surface area contributed by atoms with E-state index in [-0.39, 0.29) is 4.90 Å². The Hall–Kier alpha value is -3.12. The molecule has 0 saturated heterocycles. The third-order valence-electron chi connectivity index (χ3n) is 4.63. The molecule has 4 aromatic rings. The molecule has 0 bridgehead atoms. The molecule has 5 nitrogen and oxygen atoms in total. The molecule has 0 aliphatic heterocycles. The molecule has 0 spiro atoms. The van der Waals surface area contributed by atoms with Gasteiger partial charge in [0.2, 0.25) is 0 Å². The summed E-state index contributed by atoms with van der Waals surface area (Å²) in [6.07, 6.45) is 6.44. The van der Waals surface area contributed by atoms with E-state index < -0.39 is 10.0 Å². The van der Waals surface area contributed by atoms with Crippen molar-refractivity contribution in [3.63, 3.8) is 0 Å². The van der Waals surface area contributed by atoms with Crippen LogP contribution in [0.2, 0.25) is 0 Å². The van der Waals surface area contributed by atoms with Crippen LogP contribution in [0.3, 0.4) is 0 Å². The second-order valence-corrected chi connectivity index (χ2v) is 8.43. The molecule has 0 fully saturated rings. The minimum absolute atomic E-state index is 0.177. The molecule has 0 atom stereocenters. The van der Waals surface area contributed by atoms with Crippen molar-refractivity contribution in [2.75, 3.05) is 5.32 Å². The highest BCUT2D eigenvalue weighted by atomic mass is 32.2. The first-order valence-corrected chi connectivity index (χ1v) is 10.7. The molecule has 0 aliphatic carbocycles. The number of aromatic nitrogens is 2. The summed E-state index contributed by atoms with van der Waals surface area (Å²) >= 11 is 0. The van der Waals surface area contributed by atoms with Gasteiger partial charge in [-0.25, -0.2) is 12.4 Å². The summed E-state index contributed by atoms with van der Waals surface area (Å²) in [7, 11) is -3.73. The number of para-hydroxylation sites is 1. The maximum Gasteiger partial charge on any atom is 0.269 e. The number of fused-ring (bicyclic) bond motifs is 1. The lowest BCUT2D eigenvalue weighted by atomic mass is 10.1. The van der Waals surface area contributed by atoms with E-state index >= 15 is 0 Å². The summed E-state index contributed by atoms with van der Waals surface area (Å²) in [4.78, 5) is 4.15. The minimum atomic E-state index is -3.73. The van der Waals surface area contributed by atoms with Crippen LogP contribution >= 0.6 is 0 Å². The number of hydrogen-bond acceptors (Lipinski definition) is 4. The van der Waals surface area contributed by atoms with Crippen LogP contribution in [0.5, 0.6) is 0 Å². The van der Waals surface area contributed by atoms with E-state index in [1.54, 1.807) is 24.5 Å². The summed E-state index contributed by atoms with van der Waals surface area (Å²) in [6, 6.07) is 18.9. The quantitative estimate of drug-likeness (QED) is 0.504. The molecule has 2 heterocycles. The van der Waals surface area contributed by atoms with Gasteiger partial charge in [-0.3, -0.25) is 4.98 Å². The number of nitrogens with one attached hydrogen (secondary N) is 1. The van der Waals surface area contributed by atoms with Crippen LogP contribution in [0.25, 0.3) is 10.9 Å². The van der Waals surface area contributed by atoms with Crippen molar-refractivity contribution >= 4 is 32.3 Å². The molecular formula is C22H21N3O2S. The Labute approximate surface area is 164 Å². The Morgan fingerprint density at radius 1 is 1.00 bits per heavy atom. The molecular weight excluding hydrogens is 370 g/mol. The zero-order valence-electron chi connectivity index (χ0n) is 15.5. The molecule has 0 amide bonds. The van der Waals surface area contributed by atoms with E-state index in [0.29, 0.717) is 5.52 Å². The summed E-state index contributed by atoms with van der Waals surface area (Å²) in [6.45, 7) is 2.09. The molecule has 142 valence electrons. The van der Waals surface area contributed by atoms with Crippen molar-refractivity contribution in [3.8, 4) is 0 Å². The van der Waals surface area contributed by atoms with E-state index in [2.05, 4.69) is 17.2 Å². The summed E-state index contributed by atoms with van der Waals surface area (Å²) in [5.41, 5.74) is 3.47. The van der Waals surface area contributed by atoms with E-state index in [4.69, 9.17) is 0 Å². The molecule has 4 rings (SSSR count). The Balaban J connectivity index is 1.86. The number of aryl methyl sites for hydroxylation is 1. The Bertz CT molecular complexity index is 1200. The van der Waals surface area contributed by atoms with Crippen LogP contribution in [0.1, 0.15) is 18.9 Å². The molecule has 2 aromatic carbocycles. The number of benzene rings is 2. The SMILES string of the molecule is CCCc1cn(S(=O)(=O)c2cccnc2)c2cc(Nc3ccccc3)ccc12. The fourth-order valence-electron chi connectivity index (χ4n) is 3.31. The second kappa shape index (κ2) is 7.48. The minimum Gasteiger partial charge on any atom is -0.355 e. The van der Waals surface area contributed by atoms with Gasteiger partial charge in [0.15, 0.2) is 0 Å². The van der Waals surface area contributed by atoms with Crippen LogP contribution in [0, 0.1) is 0 Å². The van der Waals surface area contributed by atoms with Gasteiger partial charge in [0, 0.05) is 35.4 Å². The predicted octanol–water partition coefficient (Wildman–Crippen LogP) is 4.97. The van der Waals surface area contributed by atoms with Crippen LogP contribution in [0.4, 0.5) is 11.4 Å². The number of hydrogen-bond donors (Lipinski definition) is 1. The highest BCUT2D eigenvalue weighted by molar-refractivity contribution is 7.90. The van der Waals surface area contributed by atoms with Crippen LogP contribution in [-0.2, 0) is 16.4 Å². The highest BCUT2D eigenvalue weighted by Gasteiger charge is 2.21. The Morgan fingerprint density at radius 3 is 2.54 bits per heavy atom. The fraction of sp³-hybridized carbons (Fsp3) is 0.136. The molecule has 1 N–H and O–H groups in total. The summed E-state index contributed by atoms with van der Waals surface area (Å²) in [5.74, 6) is 0. The van der Waals surface area contributed by atoms with Crippen molar-refractivity contribution in [1.29, 1.82) is 0 Å². The first-order valence-electron chi connectivity index (χ1n) is 9.21. The fourth-order valence-corrected chi connectivity index (χ4v) is 4.66. The lowest BCUT2D eigenvalue weighted by Crippen LogP contribution is -2.12. The lowest BCUT2D eigenvalue weighted by Gasteiger charge is -2.10. The van der Waals surface area contributed by atoms with E-state index in [1.807, 2.05) is 48.5 Å². The van der Waals surface area contributed by atoms with Crippen molar-refractivity contribution in [2.24, 2.45) is 0 Å². The zero-order chi connectivity index (χ0) is 19.6. The van der Waals surface area contributed by atoms with Crippen molar-refractivity contribution in [1.82, 2.24) is 8.96 Å². The molecule has 6 heteroatoms. The molecule has 2 aromatic heterocycles. The third-order valence-corrected chi connectivity index (χ3v) is 6.28. The van der Waals surface area contributed by atoms with Gasteiger partial charge in [0.1, 0.15) is 4.90 Å². The Morgan fingerprint density at radius 2 is 1.82 bits per heavy atom. The second-order valence-electron chi connectivity index (χ2n) is 6.62. The van der Waals surface area contributed by atoms with Gasteiger partial charge in [-0.1, -0.05) is 37.6 Å². The maximum atomic E-state index is 13.2. The van der Waals surface area contributed by atoms with Crippen LogP contribution < -0.4 is 5.32 Å². The standard InChI is InChI=1S/C22H21N3O2S/c1-2-7-17-16-25(28(26,27)20-10-6-13-23-15-20)22-14-19(11-12-21(17)22)24-18-8-4-3-5-9-18/h3-6,8-16,24H,2,7H2,1H3. The smallest absolute Gasteiger partial charge is 0.269 e. The molecule has 0 saturated carbocycles. The highest BCUT2D eigenvalue weighted by Crippen LogP contribution is 2.30. The largest absolute Gasteiger partial charge is 0.355 e. The van der Waals surface area contributed by atoms with Gasteiger partial charge in [0.05, 0.1) is 5.52 Å². The molecule has 28 heavy (non-hydrogen) atoms. The summed E-state index contributed by atoms with van der Waals surface area (Å²) in [5, 5.41) is 4.29. The van der Waals surface area contributed by atoms with Gasteiger partial charge in [-0.2, -0.15) is 0 Å². The number of pyridine rings is 1. The number of anilines is 2. The molecule has 0 aliphatic rings. The third kappa shape index (κ3) is 3.39. The molecule has 0 unspecified atom stereocenters. The van der Waals surface area contributed by atoms with Crippen LogP contribution in [0.15, 0.2) is 84.1 Å². The maximum absolute atomic E-state index is 13.2. The zero-order valence-corrected chi connectivity index (χ0v) is 16.4. The van der Waals surface area contributed by atoms with Crippen molar-refractivity contribution < 1.29 is 8.42 Å². The predicted molar refractivity (Wildman–Crippen MR) is 112 cm³/mol. The lowest BCUT2D eigenvalue weighted by molar-refractivity contribution is 0.588. The first kappa shape index (κ1) is 18.3.